The van der Waals surface area contributed by atoms with E-state index >= 15 is 0 Å². The Morgan fingerprint density at radius 2 is 2.00 bits per heavy atom. The van der Waals surface area contributed by atoms with Crippen LogP contribution in [0.15, 0.2) is 12.4 Å². The van der Waals surface area contributed by atoms with Crippen LogP contribution < -0.4 is 5.32 Å². The second-order valence-corrected chi connectivity index (χ2v) is 3.68. The minimum Gasteiger partial charge on any atom is -0.383 e. The van der Waals surface area contributed by atoms with E-state index in [9.17, 15) is 4.39 Å². The van der Waals surface area contributed by atoms with Crippen molar-refractivity contribution in [1.29, 1.82) is 0 Å². The number of nitrogens with zero attached hydrogens (tertiary/aromatic N) is 2. The Labute approximate surface area is 88.9 Å². The zero-order chi connectivity index (χ0) is 11.3. The second-order valence-electron chi connectivity index (χ2n) is 3.68. The Hall–Kier alpha value is -1.23. The first kappa shape index (κ1) is 11.8. The predicted molar refractivity (Wildman–Crippen MR) is 56.1 cm³/mol. The zero-order valence-electron chi connectivity index (χ0n) is 9.20. The number of halogens is 1. The number of rotatable bonds is 5. The molecule has 1 unspecified atom stereocenters. The Kier molecular flexibility index (Phi) is 4.42. The molecule has 5 heteroatoms. The van der Waals surface area contributed by atoms with Crippen molar-refractivity contribution in [2.24, 2.45) is 5.92 Å². The quantitative estimate of drug-likeness (QED) is 0.808. The van der Waals surface area contributed by atoms with E-state index in [1.165, 1.54) is 0 Å². The lowest BCUT2D eigenvalue weighted by molar-refractivity contribution is 0.171. The van der Waals surface area contributed by atoms with E-state index in [4.69, 9.17) is 4.74 Å². The van der Waals surface area contributed by atoms with Gasteiger partial charge in [0.25, 0.3) is 0 Å². The first-order chi connectivity index (χ1) is 7.13. The molecule has 0 amide bonds. The lowest BCUT2D eigenvalue weighted by Gasteiger charge is -2.21. The fraction of sp³-hybridized carbons (Fsp3) is 0.600. The fourth-order valence-electron chi connectivity index (χ4n) is 1.13. The maximum atomic E-state index is 12.6. The molecular formula is C10H16FN3O. The highest BCUT2D eigenvalue weighted by atomic mass is 19.1. The van der Waals surface area contributed by atoms with Crippen LogP contribution in [0.25, 0.3) is 0 Å². The van der Waals surface area contributed by atoms with E-state index in [2.05, 4.69) is 29.1 Å². The summed E-state index contributed by atoms with van der Waals surface area (Å²) in [6.45, 7) is 4.71. The third kappa shape index (κ3) is 3.79. The van der Waals surface area contributed by atoms with Crippen molar-refractivity contribution in [3.8, 4) is 0 Å². The van der Waals surface area contributed by atoms with Crippen LogP contribution in [-0.2, 0) is 4.74 Å². The van der Waals surface area contributed by atoms with Gasteiger partial charge in [-0.1, -0.05) is 13.8 Å². The van der Waals surface area contributed by atoms with Crippen LogP contribution in [0.1, 0.15) is 13.8 Å². The first-order valence-corrected chi connectivity index (χ1v) is 4.86. The average molecular weight is 213 g/mol. The van der Waals surface area contributed by atoms with Crippen molar-refractivity contribution < 1.29 is 9.13 Å². The molecule has 0 saturated heterocycles. The van der Waals surface area contributed by atoms with Crippen LogP contribution in [0.2, 0.25) is 0 Å². The molecule has 1 atom stereocenters. The molecule has 0 aliphatic rings. The number of hydrogen-bond acceptors (Lipinski definition) is 4. The average Bonchev–Trinajstić information content (AvgIpc) is 2.20. The van der Waals surface area contributed by atoms with Crippen LogP contribution in [-0.4, -0.2) is 29.7 Å². The van der Waals surface area contributed by atoms with E-state index < -0.39 is 5.82 Å². The van der Waals surface area contributed by atoms with Crippen LogP contribution in [0, 0.1) is 11.7 Å². The molecule has 0 aliphatic heterocycles. The maximum Gasteiger partial charge on any atom is 0.223 e. The Balaban J connectivity index is 2.61. The molecule has 0 aromatic carbocycles. The summed E-state index contributed by atoms with van der Waals surface area (Å²) in [6.07, 6.45) is 2.28. The molecule has 0 saturated carbocycles. The van der Waals surface area contributed by atoms with Gasteiger partial charge in [-0.2, -0.15) is 0 Å². The lowest BCUT2D eigenvalue weighted by atomic mass is 10.1. The van der Waals surface area contributed by atoms with Crippen LogP contribution in [0.3, 0.4) is 0 Å². The molecule has 84 valence electrons. The molecule has 0 spiro atoms. The molecular weight excluding hydrogens is 197 g/mol. The second kappa shape index (κ2) is 5.60. The highest BCUT2D eigenvalue weighted by molar-refractivity contribution is 5.24. The number of aromatic nitrogens is 2. The standard InChI is InChI=1S/C10H16FN3O/c1-7(2)9(6-15-3)14-10-12-4-8(11)5-13-10/h4-5,7,9H,6H2,1-3H3,(H,12,13,14). The Bertz CT molecular complexity index is 289. The summed E-state index contributed by atoms with van der Waals surface area (Å²) in [5.74, 6) is 0.374. The normalized spacial score (nSPS) is 12.9. The smallest absolute Gasteiger partial charge is 0.223 e. The van der Waals surface area contributed by atoms with E-state index in [-0.39, 0.29) is 6.04 Å². The summed E-state index contributed by atoms with van der Waals surface area (Å²) in [7, 11) is 1.64. The van der Waals surface area contributed by atoms with Crippen molar-refractivity contribution in [2.75, 3.05) is 19.0 Å². The number of nitrogens with one attached hydrogen (secondary N) is 1. The lowest BCUT2D eigenvalue weighted by Crippen LogP contribution is -2.31. The minimum atomic E-state index is -0.437. The highest BCUT2D eigenvalue weighted by Gasteiger charge is 2.13. The molecule has 0 fully saturated rings. The third-order valence-corrected chi connectivity index (χ3v) is 2.09. The summed E-state index contributed by atoms with van der Waals surface area (Å²) < 4.78 is 17.6. The number of anilines is 1. The topological polar surface area (TPSA) is 47.0 Å². The predicted octanol–water partition coefficient (Wildman–Crippen LogP) is 1.70. The molecule has 1 aromatic rings. The van der Waals surface area contributed by atoms with Gasteiger partial charge in [0.15, 0.2) is 5.82 Å². The van der Waals surface area contributed by atoms with Crippen molar-refractivity contribution in [3.05, 3.63) is 18.2 Å². The number of hydrogen-bond donors (Lipinski definition) is 1. The molecule has 4 nitrogen and oxygen atoms in total. The van der Waals surface area contributed by atoms with Crippen molar-refractivity contribution in [1.82, 2.24) is 9.97 Å². The van der Waals surface area contributed by atoms with Crippen LogP contribution in [0.5, 0.6) is 0 Å². The van der Waals surface area contributed by atoms with Crippen LogP contribution >= 0.6 is 0 Å². The number of ether oxygens (including phenoxy) is 1. The van der Waals surface area contributed by atoms with Gasteiger partial charge in [-0.25, -0.2) is 14.4 Å². The Morgan fingerprint density at radius 1 is 1.40 bits per heavy atom. The molecule has 0 bridgehead atoms. The van der Waals surface area contributed by atoms with Gasteiger partial charge in [-0.3, -0.25) is 0 Å². The third-order valence-electron chi connectivity index (χ3n) is 2.09. The maximum absolute atomic E-state index is 12.6. The van der Waals surface area contributed by atoms with E-state index in [1.807, 2.05) is 0 Å². The van der Waals surface area contributed by atoms with Gasteiger partial charge >= 0.3 is 0 Å². The van der Waals surface area contributed by atoms with Gasteiger partial charge in [-0.15, -0.1) is 0 Å². The SMILES string of the molecule is COCC(Nc1ncc(F)cn1)C(C)C. The van der Waals surface area contributed by atoms with Gasteiger partial charge in [0, 0.05) is 7.11 Å². The summed E-state index contributed by atoms with van der Waals surface area (Å²) in [5.41, 5.74) is 0. The fourth-order valence-corrected chi connectivity index (χ4v) is 1.13. The van der Waals surface area contributed by atoms with E-state index in [0.717, 1.165) is 12.4 Å². The van der Waals surface area contributed by atoms with Crippen LogP contribution in [0.4, 0.5) is 10.3 Å². The summed E-state index contributed by atoms with van der Waals surface area (Å²) >= 11 is 0. The molecule has 0 radical (unpaired) electrons. The van der Waals surface area contributed by atoms with Gasteiger partial charge < -0.3 is 10.1 Å². The van der Waals surface area contributed by atoms with Gasteiger partial charge in [0.05, 0.1) is 25.0 Å². The largest absolute Gasteiger partial charge is 0.383 e. The van der Waals surface area contributed by atoms with Gasteiger partial charge in [-0.05, 0) is 5.92 Å². The summed E-state index contributed by atoms with van der Waals surface area (Å²) in [6, 6.07) is 0.125. The minimum absolute atomic E-state index is 0.125. The van der Waals surface area contributed by atoms with Crippen molar-refractivity contribution in [2.45, 2.75) is 19.9 Å². The van der Waals surface area contributed by atoms with Crippen molar-refractivity contribution >= 4 is 5.95 Å². The number of methoxy groups -OCH3 is 1. The first-order valence-electron chi connectivity index (χ1n) is 4.86. The zero-order valence-corrected chi connectivity index (χ0v) is 9.20. The Morgan fingerprint density at radius 3 is 2.47 bits per heavy atom. The van der Waals surface area contributed by atoms with Crippen molar-refractivity contribution in [3.63, 3.8) is 0 Å². The van der Waals surface area contributed by atoms with Gasteiger partial charge in [0.2, 0.25) is 5.95 Å². The molecule has 15 heavy (non-hydrogen) atoms. The highest BCUT2D eigenvalue weighted by Crippen LogP contribution is 2.08. The van der Waals surface area contributed by atoms with Gasteiger partial charge in [0.1, 0.15) is 0 Å². The molecule has 1 N–H and O–H groups in total. The summed E-state index contributed by atoms with van der Waals surface area (Å²) in [4.78, 5) is 7.66. The molecule has 0 aliphatic carbocycles. The van der Waals surface area contributed by atoms with E-state index in [1.54, 1.807) is 7.11 Å². The summed E-state index contributed by atoms with van der Waals surface area (Å²) in [5, 5.41) is 3.09. The molecule has 1 heterocycles. The van der Waals surface area contributed by atoms with E-state index in [0.29, 0.717) is 18.5 Å². The molecule has 1 rings (SSSR count). The monoisotopic (exact) mass is 213 g/mol. The molecule has 1 aromatic heterocycles.